The fraction of sp³-hybridized carbons (Fsp3) is 0.333. The van der Waals surface area contributed by atoms with Crippen molar-refractivity contribution in [2.24, 2.45) is 0 Å². The second-order valence-corrected chi connectivity index (χ2v) is 5.02. The summed E-state index contributed by atoms with van der Waals surface area (Å²) in [6.45, 7) is 2.94. The lowest BCUT2D eigenvalue weighted by Crippen LogP contribution is -2.39. The van der Waals surface area contributed by atoms with Gasteiger partial charge >= 0.3 is 5.97 Å². The number of oxazole rings is 1. The summed E-state index contributed by atoms with van der Waals surface area (Å²) in [5.41, 5.74) is 1.98. The first kappa shape index (κ1) is 12.9. The van der Waals surface area contributed by atoms with Crippen LogP contribution in [0.25, 0.3) is 0 Å². The number of carboxylic acid groups (broad SMARTS) is 1. The van der Waals surface area contributed by atoms with Crippen molar-refractivity contribution in [1.82, 2.24) is 9.88 Å². The summed E-state index contributed by atoms with van der Waals surface area (Å²) in [6.07, 6.45) is 2.50. The molecule has 0 spiro atoms. The monoisotopic (exact) mass is 272 g/mol. The van der Waals surface area contributed by atoms with Crippen LogP contribution < -0.4 is 0 Å². The molecule has 1 unspecified atom stereocenters. The van der Waals surface area contributed by atoms with E-state index in [-0.39, 0.29) is 0 Å². The van der Waals surface area contributed by atoms with E-state index in [1.807, 2.05) is 36.1 Å². The van der Waals surface area contributed by atoms with Gasteiger partial charge in [0.2, 0.25) is 5.89 Å². The Morgan fingerprint density at radius 1 is 1.50 bits per heavy atom. The minimum Gasteiger partial charge on any atom is -0.480 e. The molecule has 0 radical (unpaired) electrons. The molecule has 0 fully saturated rings. The first-order valence-electron chi connectivity index (χ1n) is 6.61. The van der Waals surface area contributed by atoms with Gasteiger partial charge in [0.15, 0.2) is 0 Å². The van der Waals surface area contributed by atoms with Gasteiger partial charge in [-0.3, -0.25) is 9.69 Å². The number of rotatable bonds is 3. The van der Waals surface area contributed by atoms with Gasteiger partial charge in [0.25, 0.3) is 0 Å². The molecule has 2 aromatic rings. The van der Waals surface area contributed by atoms with Crippen LogP contribution in [0.1, 0.15) is 28.8 Å². The standard InChI is InChI=1S/C15H16N2O3/c1-10-8-16-13(20-10)9-17-7-6-11-4-2-3-5-12(11)14(17)15(18)19/h2-5,8,14H,6-7,9H2,1H3,(H,18,19). The van der Waals surface area contributed by atoms with E-state index in [4.69, 9.17) is 4.42 Å². The zero-order valence-electron chi connectivity index (χ0n) is 11.2. The molecule has 1 atom stereocenters. The van der Waals surface area contributed by atoms with E-state index in [2.05, 4.69) is 4.98 Å². The van der Waals surface area contributed by atoms with Gasteiger partial charge < -0.3 is 9.52 Å². The van der Waals surface area contributed by atoms with Crippen molar-refractivity contribution in [2.45, 2.75) is 25.9 Å². The zero-order chi connectivity index (χ0) is 14.1. The summed E-state index contributed by atoms with van der Waals surface area (Å²) >= 11 is 0. The quantitative estimate of drug-likeness (QED) is 0.927. The number of nitrogens with zero attached hydrogens (tertiary/aromatic N) is 2. The molecule has 1 aromatic carbocycles. The minimum atomic E-state index is -0.833. The van der Waals surface area contributed by atoms with Gasteiger partial charge in [-0.15, -0.1) is 0 Å². The summed E-state index contributed by atoms with van der Waals surface area (Å²) in [6, 6.07) is 7.09. The SMILES string of the molecule is Cc1cnc(CN2CCc3ccccc3C2C(=O)O)o1. The maximum Gasteiger partial charge on any atom is 0.325 e. The summed E-state index contributed by atoms with van der Waals surface area (Å²) in [7, 11) is 0. The van der Waals surface area contributed by atoms with Crippen molar-refractivity contribution in [3.8, 4) is 0 Å². The van der Waals surface area contributed by atoms with Gasteiger partial charge in [0, 0.05) is 6.54 Å². The van der Waals surface area contributed by atoms with E-state index in [1.54, 1.807) is 6.20 Å². The van der Waals surface area contributed by atoms with Crippen LogP contribution in [0.5, 0.6) is 0 Å². The molecule has 1 aliphatic rings. The number of carbonyl (C=O) groups is 1. The maximum absolute atomic E-state index is 11.6. The van der Waals surface area contributed by atoms with Crippen LogP contribution in [0, 0.1) is 6.92 Å². The fourth-order valence-corrected chi connectivity index (χ4v) is 2.73. The lowest BCUT2D eigenvalue weighted by Gasteiger charge is -2.33. The van der Waals surface area contributed by atoms with Gasteiger partial charge in [0.05, 0.1) is 12.7 Å². The van der Waals surface area contributed by atoms with Gasteiger partial charge in [-0.1, -0.05) is 24.3 Å². The van der Waals surface area contributed by atoms with Crippen LogP contribution in [-0.4, -0.2) is 27.5 Å². The number of hydrogen-bond donors (Lipinski definition) is 1. The van der Waals surface area contributed by atoms with Gasteiger partial charge in [-0.05, 0) is 24.5 Å². The molecule has 20 heavy (non-hydrogen) atoms. The molecule has 2 heterocycles. The predicted octanol–water partition coefficient (Wildman–Crippen LogP) is 2.17. The van der Waals surface area contributed by atoms with Crippen molar-refractivity contribution in [3.05, 3.63) is 53.2 Å². The van der Waals surface area contributed by atoms with Crippen LogP contribution in [-0.2, 0) is 17.8 Å². The Morgan fingerprint density at radius 2 is 2.30 bits per heavy atom. The summed E-state index contributed by atoms with van der Waals surface area (Å²) in [5, 5.41) is 9.55. The molecule has 0 saturated heterocycles. The molecular weight excluding hydrogens is 256 g/mol. The number of aliphatic carboxylic acids is 1. The van der Waals surface area contributed by atoms with Crippen molar-refractivity contribution in [2.75, 3.05) is 6.54 Å². The van der Waals surface area contributed by atoms with Crippen LogP contribution >= 0.6 is 0 Å². The van der Waals surface area contributed by atoms with Crippen molar-refractivity contribution in [1.29, 1.82) is 0 Å². The Hall–Kier alpha value is -2.14. The van der Waals surface area contributed by atoms with E-state index in [0.717, 1.165) is 23.3 Å². The third-order valence-electron chi connectivity index (χ3n) is 3.62. The topological polar surface area (TPSA) is 66.6 Å². The number of aromatic nitrogens is 1. The van der Waals surface area contributed by atoms with Gasteiger partial charge in [0.1, 0.15) is 11.8 Å². The summed E-state index contributed by atoms with van der Waals surface area (Å²) in [5.74, 6) is 0.470. The van der Waals surface area contributed by atoms with Crippen molar-refractivity contribution >= 4 is 5.97 Å². The highest BCUT2D eigenvalue weighted by atomic mass is 16.4. The van der Waals surface area contributed by atoms with E-state index in [0.29, 0.717) is 19.0 Å². The highest BCUT2D eigenvalue weighted by molar-refractivity contribution is 5.76. The molecule has 0 saturated carbocycles. The molecule has 5 heteroatoms. The van der Waals surface area contributed by atoms with Crippen LogP contribution in [0.2, 0.25) is 0 Å². The first-order valence-corrected chi connectivity index (χ1v) is 6.61. The lowest BCUT2D eigenvalue weighted by atomic mass is 9.92. The molecule has 0 aliphatic carbocycles. The van der Waals surface area contributed by atoms with E-state index in [9.17, 15) is 9.90 Å². The molecule has 5 nitrogen and oxygen atoms in total. The number of hydrogen-bond acceptors (Lipinski definition) is 4. The molecule has 0 amide bonds. The third-order valence-corrected chi connectivity index (χ3v) is 3.62. The summed E-state index contributed by atoms with van der Waals surface area (Å²) < 4.78 is 5.46. The van der Waals surface area contributed by atoms with Crippen molar-refractivity contribution in [3.63, 3.8) is 0 Å². The largest absolute Gasteiger partial charge is 0.480 e. The number of fused-ring (bicyclic) bond motifs is 1. The van der Waals surface area contributed by atoms with Crippen LogP contribution in [0.4, 0.5) is 0 Å². The molecule has 1 aromatic heterocycles. The number of benzene rings is 1. The Balaban J connectivity index is 1.90. The number of carboxylic acids is 1. The maximum atomic E-state index is 11.6. The third kappa shape index (κ3) is 2.32. The van der Waals surface area contributed by atoms with Crippen LogP contribution in [0.15, 0.2) is 34.9 Å². The van der Waals surface area contributed by atoms with Gasteiger partial charge in [-0.25, -0.2) is 4.98 Å². The zero-order valence-corrected chi connectivity index (χ0v) is 11.2. The predicted molar refractivity (Wildman–Crippen MR) is 72.2 cm³/mol. The lowest BCUT2D eigenvalue weighted by molar-refractivity contribution is -0.144. The molecule has 1 N–H and O–H groups in total. The average Bonchev–Trinajstić information content (AvgIpc) is 2.83. The average molecular weight is 272 g/mol. The van der Waals surface area contributed by atoms with E-state index >= 15 is 0 Å². The van der Waals surface area contributed by atoms with E-state index < -0.39 is 12.0 Å². The van der Waals surface area contributed by atoms with E-state index in [1.165, 1.54) is 0 Å². The number of aryl methyl sites for hydroxylation is 1. The van der Waals surface area contributed by atoms with Crippen LogP contribution in [0.3, 0.4) is 0 Å². The molecule has 104 valence electrons. The van der Waals surface area contributed by atoms with Crippen molar-refractivity contribution < 1.29 is 14.3 Å². The normalized spacial score (nSPS) is 18.8. The highest BCUT2D eigenvalue weighted by Gasteiger charge is 2.33. The summed E-state index contributed by atoms with van der Waals surface area (Å²) in [4.78, 5) is 17.7. The Morgan fingerprint density at radius 3 is 3.00 bits per heavy atom. The minimum absolute atomic E-state index is 0.416. The first-order chi connectivity index (χ1) is 9.65. The fourth-order valence-electron chi connectivity index (χ4n) is 2.73. The van der Waals surface area contributed by atoms with Gasteiger partial charge in [-0.2, -0.15) is 0 Å². The Kier molecular flexibility index (Phi) is 3.28. The Bertz CT molecular complexity index is 636. The molecule has 3 rings (SSSR count). The highest BCUT2D eigenvalue weighted by Crippen LogP contribution is 2.30. The second kappa shape index (κ2) is 5.09. The molecule has 0 bridgehead atoms. The second-order valence-electron chi connectivity index (χ2n) is 5.02. The Labute approximate surface area is 116 Å². The molecular formula is C15H16N2O3. The molecule has 1 aliphatic heterocycles. The smallest absolute Gasteiger partial charge is 0.325 e.